The van der Waals surface area contributed by atoms with Crippen molar-refractivity contribution in [2.24, 2.45) is 0 Å². The fourth-order valence-electron chi connectivity index (χ4n) is 4.39. The fourth-order valence-corrected chi connectivity index (χ4v) is 5.30. The van der Waals surface area contributed by atoms with Gasteiger partial charge in [0, 0.05) is 19.5 Å². The smallest absolute Gasteiger partial charge is 0.244 e. The number of aryl methyl sites for hydroxylation is 2. The Morgan fingerprint density at radius 2 is 1.51 bits per heavy atom. The van der Waals surface area contributed by atoms with Gasteiger partial charge in [0.15, 0.2) is 0 Å². The summed E-state index contributed by atoms with van der Waals surface area (Å²) in [7, 11) is -3.78. The first-order chi connectivity index (χ1) is 18.6. The largest absolute Gasteiger partial charge is 0.354 e. The van der Waals surface area contributed by atoms with E-state index in [0.29, 0.717) is 18.7 Å². The average molecular weight is 550 g/mol. The molecular formula is C31H39N3O4S. The van der Waals surface area contributed by atoms with E-state index in [1.54, 1.807) is 25.1 Å². The molecule has 0 radical (unpaired) electrons. The summed E-state index contributed by atoms with van der Waals surface area (Å²) in [6.07, 6.45) is 3.15. The van der Waals surface area contributed by atoms with E-state index in [0.717, 1.165) is 45.7 Å². The number of rotatable bonds is 13. The van der Waals surface area contributed by atoms with E-state index >= 15 is 0 Å². The van der Waals surface area contributed by atoms with Gasteiger partial charge in [0.25, 0.3) is 0 Å². The third kappa shape index (κ3) is 8.68. The van der Waals surface area contributed by atoms with Crippen LogP contribution in [0.4, 0.5) is 5.69 Å². The molecule has 39 heavy (non-hydrogen) atoms. The van der Waals surface area contributed by atoms with Gasteiger partial charge in [0.2, 0.25) is 21.8 Å². The molecular weight excluding hydrogens is 510 g/mol. The lowest BCUT2D eigenvalue weighted by atomic mass is 10.0. The van der Waals surface area contributed by atoms with Gasteiger partial charge < -0.3 is 10.2 Å². The van der Waals surface area contributed by atoms with Crippen molar-refractivity contribution in [2.75, 3.05) is 23.7 Å². The second kappa shape index (κ2) is 13.9. The van der Waals surface area contributed by atoms with Crippen molar-refractivity contribution in [1.29, 1.82) is 0 Å². The molecule has 1 N–H and O–H groups in total. The number of anilines is 1. The van der Waals surface area contributed by atoms with Crippen molar-refractivity contribution in [3.63, 3.8) is 0 Å². The van der Waals surface area contributed by atoms with Gasteiger partial charge in [-0.25, -0.2) is 8.42 Å². The molecule has 8 heteroatoms. The van der Waals surface area contributed by atoms with Gasteiger partial charge in [-0.15, -0.1) is 0 Å². The molecule has 0 fully saturated rings. The summed E-state index contributed by atoms with van der Waals surface area (Å²) in [5.74, 6) is -0.703. The van der Waals surface area contributed by atoms with Gasteiger partial charge in [-0.3, -0.25) is 13.9 Å². The number of carbonyl (C=O) groups excluding carboxylic acids is 2. The maximum absolute atomic E-state index is 14.1. The molecule has 0 bridgehead atoms. The Morgan fingerprint density at radius 1 is 0.872 bits per heavy atom. The van der Waals surface area contributed by atoms with Crippen LogP contribution in [-0.4, -0.2) is 50.5 Å². The molecule has 0 unspecified atom stereocenters. The van der Waals surface area contributed by atoms with Crippen LogP contribution in [0, 0.1) is 13.8 Å². The Balaban J connectivity index is 2.03. The summed E-state index contributed by atoms with van der Waals surface area (Å²) in [6, 6.07) is 23.6. The van der Waals surface area contributed by atoms with Crippen molar-refractivity contribution in [1.82, 2.24) is 10.2 Å². The minimum absolute atomic E-state index is 0.170. The number of amides is 2. The van der Waals surface area contributed by atoms with E-state index in [-0.39, 0.29) is 12.5 Å². The molecule has 3 rings (SSSR count). The number of para-hydroxylation sites is 1. The van der Waals surface area contributed by atoms with Crippen LogP contribution >= 0.6 is 0 Å². The van der Waals surface area contributed by atoms with Crippen LogP contribution in [0.5, 0.6) is 0 Å². The zero-order valence-corrected chi connectivity index (χ0v) is 24.1. The van der Waals surface area contributed by atoms with Crippen LogP contribution in [0.2, 0.25) is 0 Å². The van der Waals surface area contributed by atoms with Crippen molar-refractivity contribution in [3.8, 4) is 0 Å². The number of hydrogen-bond acceptors (Lipinski definition) is 4. The summed E-state index contributed by atoms with van der Waals surface area (Å²) in [4.78, 5) is 29.2. The first-order valence-corrected chi connectivity index (χ1v) is 15.1. The second-order valence-corrected chi connectivity index (χ2v) is 11.8. The lowest BCUT2D eigenvalue weighted by Gasteiger charge is -2.33. The van der Waals surface area contributed by atoms with Crippen LogP contribution in [0.15, 0.2) is 78.9 Å². The number of unbranched alkanes of at least 4 members (excludes halogenated alkanes) is 1. The highest BCUT2D eigenvalue weighted by Crippen LogP contribution is 2.23. The van der Waals surface area contributed by atoms with Crippen LogP contribution < -0.4 is 9.62 Å². The molecule has 2 amide bonds. The summed E-state index contributed by atoms with van der Waals surface area (Å²) >= 11 is 0. The standard InChI is InChI=1S/C31H39N3O4S/c1-5-6-20-32-31(36)29(21-26-13-8-7-9-14-26)33(22-27-18-16-24(2)17-19-27)30(35)23-34(39(4,37)38)28-15-11-10-12-25(28)3/h7-19,29H,5-6,20-23H2,1-4H3,(H,32,36)/t29-/m0/s1. The van der Waals surface area contributed by atoms with Gasteiger partial charge in [-0.1, -0.05) is 91.7 Å². The minimum Gasteiger partial charge on any atom is -0.354 e. The van der Waals surface area contributed by atoms with Crippen LogP contribution in [-0.2, 0) is 32.6 Å². The molecule has 0 aliphatic heterocycles. The number of carbonyl (C=O) groups is 2. The zero-order valence-electron chi connectivity index (χ0n) is 23.3. The molecule has 3 aromatic carbocycles. The van der Waals surface area contributed by atoms with Gasteiger partial charge >= 0.3 is 0 Å². The number of nitrogens with one attached hydrogen (secondary N) is 1. The van der Waals surface area contributed by atoms with Crippen molar-refractivity contribution in [2.45, 2.75) is 52.6 Å². The predicted molar refractivity (Wildman–Crippen MR) is 157 cm³/mol. The molecule has 208 valence electrons. The Labute approximate surface area is 232 Å². The Morgan fingerprint density at radius 3 is 2.13 bits per heavy atom. The van der Waals surface area contributed by atoms with Crippen LogP contribution in [0.25, 0.3) is 0 Å². The lowest BCUT2D eigenvalue weighted by molar-refractivity contribution is -0.140. The molecule has 0 aliphatic rings. The fraction of sp³-hybridized carbons (Fsp3) is 0.355. The molecule has 1 atom stereocenters. The number of nitrogens with zero attached hydrogens (tertiary/aromatic N) is 2. The van der Waals surface area contributed by atoms with E-state index in [2.05, 4.69) is 5.32 Å². The van der Waals surface area contributed by atoms with Gasteiger partial charge in [0.1, 0.15) is 12.6 Å². The normalized spacial score (nSPS) is 12.0. The monoisotopic (exact) mass is 549 g/mol. The molecule has 3 aromatic rings. The summed E-state index contributed by atoms with van der Waals surface area (Å²) in [5.41, 5.74) is 4.02. The Kier molecular flexibility index (Phi) is 10.7. The predicted octanol–water partition coefficient (Wildman–Crippen LogP) is 4.63. The SMILES string of the molecule is CCCCNC(=O)[C@H](Cc1ccccc1)N(Cc1ccc(C)cc1)C(=O)CN(c1ccccc1C)S(C)(=O)=O. The first kappa shape index (κ1) is 29.9. The number of hydrogen-bond donors (Lipinski definition) is 1. The average Bonchev–Trinajstić information content (AvgIpc) is 2.91. The summed E-state index contributed by atoms with van der Waals surface area (Å²) < 4.78 is 26.9. The van der Waals surface area contributed by atoms with Crippen LogP contribution in [0.1, 0.15) is 42.0 Å². The van der Waals surface area contributed by atoms with Gasteiger partial charge in [-0.2, -0.15) is 0 Å². The lowest BCUT2D eigenvalue weighted by Crippen LogP contribution is -2.53. The highest BCUT2D eigenvalue weighted by Gasteiger charge is 2.33. The van der Waals surface area contributed by atoms with E-state index in [4.69, 9.17) is 0 Å². The minimum atomic E-state index is -3.78. The molecule has 7 nitrogen and oxygen atoms in total. The number of sulfonamides is 1. The van der Waals surface area contributed by atoms with E-state index in [1.807, 2.05) is 74.5 Å². The van der Waals surface area contributed by atoms with Gasteiger partial charge in [-0.05, 0) is 43.0 Å². The molecule has 0 spiro atoms. The zero-order chi connectivity index (χ0) is 28.4. The number of benzene rings is 3. The van der Waals surface area contributed by atoms with Crippen molar-refractivity contribution >= 4 is 27.5 Å². The van der Waals surface area contributed by atoms with E-state index in [9.17, 15) is 18.0 Å². The Bertz CT molecular complexity index is 1340. The molecule has 0 saturated carbocycles. The quantitative estimate of drug-likeness (QED) is 0.315. The summed E-state index contributed by atoms with van der Waals surface area (Å²) in [6.45, 7) is 6.10. The van der Waals surface area contributed by atoms with Crippen LogP contribution in [0.3, 0.4) is 0 Å². The van der Waals surface area contributed by atoms with E-state index < -0.39 is 28.5 Å². The maximum Gasteiger partial charge on any atom is 0.244 e. The first-order valence-electron chi connectivity index (χ1n) is 13.3. The van der Waals surface area contributed by atoms with Gasteiger partial charge in [0.05, 0.1) is 11.9 Å². The van der Waals surface area contributed by atoms with Crippen molar-refractivity contribution in [3.05, 3.63) is 101 Å². The molecule has 0 aliphatic carbocycles. The van der Waals surface area contributed by atoms with Crippen molar-refractivity contribution < 1.29 is 18.0 Å². The highest BCUT2D eigenvalue weighted by molar-refractivity contribution is 7.92. The topological polar surface area (TPSA) is 86.8 Å². The molecule has 0 aromatic heterocycles. The third-order valence-corrected chi connectivity index (χ3v) is 7.76. The van der Waals surface area contributed by atoms with E-state index in [1.165, 1.54) is 4.90 Å². The second-order valence-electron chi connectivity index (χ2n) is 9.91. The third-order valence-electron chi connectivity index (χ3n) is 6.64. The highest BCUT2D eigenvalue weighted by atomic mass is 32.2. The maximum atomic E-state index is 14.1. The molecule has 0 heterocycles. The molecule has 0 saturated heterocycles. The summed E-state index contributed by atoms with van der Waals surface area (Å²) in [5, 5.41) is 2.99. The Hall–Kier alpha value is -3.65.